The van der Waals surface area contributed by atoms with Crippen LogP contribution in [0.3, 0.4) is 0 Å². The van der Waals surface area contributed by atoms with Crippen LogP contribution in [-0.2, 0) is 4.79 Å². The van der Waals surface area contributed by atoms with Gasteiger partial charge in [0, 0.05) is 6.54 Å². The largest absolute Gasteiger partial charge is 0.394 e. The smallest absolute Gasteiger partial charge is 0.237 e. The van der Waals surface area contributed by atoms with Crippen LogP contribution in [0.1, 0.15) is 84.0 Å². The minimum Gasteiger partial charge on any atom is -0.394 e. The molecule has 0 aromatic heterocycles. The number of amides is 1. The van der Waals surface area contributed by atoms with Gasteiger partial charge in [-0.2, -0.15) is 0 Å². The van der Waals surface area contributed by atoms with Crippen molar-refractivity contribution in [3.05, 3.63) is 0 Å². The van der Waals surface area contributed by atoms with Gasteiger partial charge in [0.05, 0.1) is 18.8 Å². The molecular formula is C20H40N2O3. The highest BCUT2D eigenvalue weighted by Gasteiger charge is 2.26. The van der Waals surface area contributed by atoms with Crippen molar-refractivity contribution in [1.29, 1.82) is 0 Å². The van der Waals surface area contributed by atoms with Crippen LogP contribution in [0.2, 0.25) is 0 Å². The Morgan fingerprint density at radius 1 is 1.12 bits per heavy atom. The van der Waals surface area contributed by atoms with Gasteiger partial charge in [-0.3, -0.25) is 4.79 Å². The number of aliphatic hydroxyl groups is 2. The molecule has 0 spiro atoms. The monoisotopic (exact) mass is 356 g/mol. The van der Waals surface area contributed by atoms with Crippen LogP contribution in [0.4, 0.5) is 0 Å². The summed E-state index contributed by atoms with van der Waals surface area (Å²) >= 11 is 0. The molecular weight excluding hydrogens is 316 g/mol. The maximum atomic E-state index is 12.1. The molecule has 5 nitrogen and oxygen atoms in total. The molecule has 25 heavy (non-hydrogen) atoms. The second-order valence-corrected chi connectivity index (χ2v) is 7.60. The lowest BCUT2D eigenvalue weighted by Crippen LogP contribution is -2.50. The van der Waals surface area contributed by atoms with E-state index in [0.29, 0.717) is 5.92 Å². The first-order chi connectivity index (χ1) is 12.2. The van der Waals surface area contributed by atoms with Crippen LogP contribution in [-0.4, -0.2) is 48.0 Å². The van der Waals surface area contributed by atoms with Gasteiger partial charge in [-0.1, -0.05) is 71.1 Å². The summed E-state index contributed by atoms with van der Waals surface area (Å²) in [7, 11) is 0. The molecule has 0 bridgehead atoms. The molecule has 3 atom stereocenters. The number of carbonyl (C=O) groups excluding carboxylic acids is 1. The fourth-order valence-corrected chi connectivity index (χ4v) is 3.61. The first-order valence-corrected chi connectivity index (χ1v) is 10.5. The van der Waals surface area contributed by atoms with E-state index < -0.39 is 6.10 Å². The Morgan fingerprint density at radius 3 is 2.40 bits per heavy atom. The molecule has 0 aromatic carbocycles. The zero-order valence-electron chi connectivity index (χ0n) is 16.1. The number of hydrogen-bond acceptors (Lipinski definition) is 4. The van der Waals surface area contributed by atoms with Crippen LogP contribution < -0.4 is 10.6 Å². The molecule has 0 radical (unpaired) electrons. The zero-order valence-corrected chi connectivity index (χ0v) is 16.1. The summed E-state index contributed by atoms with van der Waals surface area (Å²) in [5.41, 5.74) is 0. The molecule has 1 aliphatic rings. The van der Waals surface area contributed by atoms with Gasteiger partial charge in [0.25, 0.3) is 0 Å². The fraction of sp³-hybridized carbons (Fsp3) is 0.950. The van der Waals surface area contributed by atoms with Gasteiger partial charge < -0.3 is 20.8 Å². The highest BCUT2D eigenvalue weighted by atomic mass is 16.3. The number of aliphatic hydroxyl groups excluding tert-OH is 2. The maximum absolute atomic E-state index is 12.1. The van der Waals surface area contributed by atoms with Gasteiger partial charge in [0.1, 0.15) is 0 Å². The van der Waals surface area contributed by atoms with Crippen molar-refractivity contribution in [3.8, 4) is 0 Å². The molecule has 1 saturated heterocycles. The number of rotatable bonds is 14. The van der Waals surface area contributed by atoms with Gasteiger partial charge in [0.2, 0.25) is 5.91 Å². The van der Waals surface area contributed by atoms with Crippen molar-refractivity contribution in [1.82, 2.24) is 10.6 Å². The second kappa shape index (κ2) is 14.5. The summed E-state index contributed by atoms with van der Waals surface area (Å²) < 4.78 is 0. The Bertz CT molecular complexity index is 339. The first kappa shape index (κ1) is 22.4. The van der Waals surface area contributed by atoms with E-state index >= 15 is 0 Å². The molecule has 1 amide bonds. The molecule has 5 heteroatoms. The van der Waals surface area contributed by atoms with E-state index in [0.717, 1.165) is 19.4 Å². The van der Waals surface area contributed by atoms with Crippen LogP contribution in [0.15, 0.2) is 0 Å². The highest BCUT2D eigenvalue weighted by Crippen LogP contribution is 2.23. The summed E-state index contributed by atoms with van der Waals surface area (Å²) in [6.07, 6.45) is 14.6. The van der Waals surface area contributed by atoms with E-state index in [1.54, 1.807) is 0 Å². The molecule has 3 unspecified atom stereocenters. The maximum Gasteiger partial charge on any atom is 0.237 e. The lowest BCUT2D eigenvalue weighted by molar-refractivity contribution is -0.124. The third kappa shape index (κ3) is 10.8. The van der Waals surface area contributed by atoms with Gasteiger partial charge >= 0.3 is 0 Å². The molecule has 0 aliphatic carbocycles. The number of carbonyl (C=O) groups is 1. The Kier molecular flexibility index (Phi) is 13.0. The standard InChI is InChI=1S/C20H40N2O3/c1-2-3-4-5-6-7-8-9-10-11-17-12-13-21-19(14-17)20(25)22-15-18(24)16-23/h17-19,21,23-24H,2-16H2,1H3,(H,22,25). The quantitative estimate of drug-likeness (QED) is 0.361. The van der Waals surface area contributed by atoms with E-state index in [1.165, 1.54) is 64.2 Å². The third-order valence-electron chi connectivity index (χ3n) is 5.27. The van der Waals surface area contributed by atoms with Crippen molar-refractivity contribution in [2.45, 2.75) is 96.1 Å². The average molecular weight is 357 g/mol. The second-order valence-electron chi connectivity index (χ2n) is 7.60. The predicted octanol–water partition coefficient (Wildman–Crippen LogP) is 2.74. The molecule has 4 N–H and O–H groups in total. The van der Waals surface area contributed by atoms with Crippen LogP contribution in [0.5, 0.6) is 0 Å². The van der Waals surface area contributed by atoms with E-state index in [2.05, 4.69) is 17.6 Å². The van der Waals surface area contributed by atoms with Crippen molar-refractivity contribution < 1.29 is 15.0 Å². The lowest BCUT2D eigenvalue weighted by Gasteiger charge is -2.29. The molecule has 0 aromatic rings. The van der Waals surface area contributed by atoms with Crippen LogP contribution >= 0.6 is 0 Å². The highest BCUT2D eigenvalue weighted by molar-refractivity contribution is 5.81. The third-order valence-corrected chi connectivity index (χ3v) is 5.27. The molecule has 0 saturated carbocycles. The number of unbranched alkanes of at least 4 members (excludes halogenated alkanes) is 8. The fourth-order valence-electron chi connectivity index (χ4n) is 3.61. The molecule has 1 heterocycles. The summed E-state index contributed by atoms with van der Waals surface area (Å²) in [5.74, 6) is 0.577. The topological polar surface area (TPSA) is 81.6 Å². The number of hydrogen-bond donors (Lipinski definition) is 4. The van der Waals surface area contributed by atoms with E-state index in [4.69, 9.17) is 5.11 Å². The SMILES string of the molecule is CCCCCCCCCCCC1CCNC(C(=O)NCC(O)CO)C1. The summed E-state index contributed by atoms with van der Waals surface area (Å²) in [6, 6.07) is -0.150. The Morgan fingerprint density at radius 2 is 1.76 bits per heavy atom. The summed E-state index contributed by atoms with van der Waals surface area (Å²) in [6.45, 7) is 2.95. The van der Waals surface area contributed by atoms with Crippen molar-refractivity contribution in [3.63, 3.8) is 0 Å². The van der Waals surface area contributed by atoms with Gasteiger partial charge in [0.15, 0.2) is 0 Å². The molecule has 1 aliphatic heterocycles. The molecule has 1 rings (SSSR count). The molecule has 148 valence electrons. The first-order valence-electron chi connectivity index (χ1n) is 10.5. The van der Waals surface area contributed by atoms with Crippen LogP contribution in [0, 0.1) is 5.92 Å². The predicted molar refractivity (Wildman–Crippen MR) is 102 cm³/mol. The van der Waals surface area contributed by atoms with Gasteiger partial charge in [-0.15, -0.1) is 0 Å². The van der Waals surface area contributed by atoms with E-state index in [1.807, 2.05) is 0 Å². The Balaban J connectivity index is 2.06. The summed E-state index contributed by atoms with van der Waals surface area (Å²) in [5, 5.41) is 24.1. The van der Waals surface area contributed by atoms with E-state index in [-0.39, 0.29) is 25.1 Å². The zero-order chi connectivity index (χ0) is 18.3. The Labute approximate surface area is 154 Å². The minimum atomic E-state index is -0.870. The van der Waals surface area contributed by atoms with Gasteiger partial charge in [-0.05, 0) is 25.3 Å². The van der Waals surface area contributed by atoms with Crippen molar-refractivity contribution >= 4 is 5.91 Å². The van der Waals surface area contributed by atoms with E-state index in [9.17, 15) is 9.90 Å². The average Bonchev–Trinajstić information content (AvgIpc) is 2.64. The Hall–Kier alpha value is -0.650. The van der Waals surface area contributed by atoms with Crippen molar-refractivity contribution in [2.75, 3.05) is 19.7 Å². The van der Waals surface area contributed by atoms with Gasteiger partial charge in [-0.25, -0.2) is 0 Å². The lowest BCUT2D eigenvalue weighted by atomic mass is 9.87. The van der Waals surface area contributed by atoms with Crippen LogP contribution in [0.25, 0.3) is 0 Å². The minimum absolute atomic E-state index is 0.0516. The number of nitrogens with one attached hydrogen (secondary N) is 2. The summed E-state index contributed by atoms with van der Waals surface area (Å²) in [4.78, 5) is 12.1. The molecule has 1 fully saturated rings. The normalized spacial score (nSPS) is 21.9. The number of piperidine rings is 1. The van der Waals surface area contributed by atoms with Crippen molar-refractivity contribution in [2.24, 2.45) is 5.92 Å².